The number of nitrogens with one attached hydrogen (secondary N) is 1. The van der Waals surface area contributed by atoms with Crippen molar-refractivity contribution < 1.29 is 14.3 Å². The summed E-state index contributed by atoms with van der Waals surface area (Å²) >= 11 is 3.43. The molecule has 0 radical (unpaired) electrons. The van der Waals surface area contributed by atoms with Gasteiger partial charge < -0.3 is 19.7 Å². The van der Waals surface area contributed by atoms with Gasteiger partial charge in [0, 0.05) is 29.2 Å². The van der Waals surface area contributed by atoms with Crippen LogP contribution in [0.2, 0.25) is 0 Å². The minimum absolute atomic E-state index is 0.187. The molecule has 1 N–H and O–H groups in total. The maximum absolute atomic E-state index is 12.4. The number of hydrogen-bond donors (Lipinski definition) is 1. The van der Waals surface area contributed by atoms with Crippen molar-refractivity contribution in [3.8, 4) is 5.75 Å². The van der Waals surface area contributed by atoms with Crippen LogP contribution in [-0.4, -0.2) is 39.3 Å². The Labute approximate surface area is 161 Å². The fourth-order valence-corrected chi connectivity index (χ4v) is 3.21. The number of morpholine rings is 1. The van der Waals surface area contributed by atoms with Crippen molar-refractivity contribution in [2.45, 2.75) is 0 Å². The van der Waals surface area contributed by atoms with E-state index in [0.717, 1.165) is 34.5 Å². The van der Waals surface area contributed by atoms with Crippen molar-refractivity contribution in [1.29, 1.82) is 0 Å². The van der Waals surface area contributed by atoms with Gasteiger partial charge in [-0.3, -0.25) is 4.79 Å². The molecular weight excluding hydrogens is 396 g/mol. The molecule has 0 spiro atoms. The smallest absolute Gasteiger partial charge is 0.248 e. The number of anilines is 2. The van der Waals surface area contributed by atoms with E-state index in [-0.39, 0.29) is 5.91 Å². The van der Waals surface area contributed by atoms with Gasteiger partial charge in [0.1, 0.15) is 5.75 Å². The third-order valence-corrected chi connectivity index (χ3v) is 4.61. The van der Waals surface area contributed by atoms with Crippen LogP contribution in [-0.2, 0) is 9.53 Å². The molecule has 5 nitrogen and oxygen atoms in total. The lowest BCUT2D eigenvalue weighted by atomic mass is 10.2. The number of methoxy groups -OCH3 is 1. The third-order valence-electron chi connectivity index (χ3n) is 4.12. The zero-order chi connectivity index (χ0) is 18.4. The summed E-state index contributed by atoms with van der Waals surface area (Å²) in [6.45, 7) is 3.03. The molecule has 0 aromatic heterocycles. The topological polar surface area (TPSA) is 50.8 Å². The highest BCUT2D eigenvalue weighted by molar-refractivity contribution is 9.10. The second kappa shape index (κ2) is 8.87. The molecule has 6 heteroatoms. The van der Waals surface area contributed by atoms with Crippen molar-refractivity contribution in [3.05, 3.63) is 58.6 Å². The second-order valence-electron chi connectivity index (χ2n) is 5.83. The van der Waals surface area contributed by atoms with Gasteiger partial charge in [0.25, 0.3) is 0 Å². The highest BCUT2D eigenvalue weighted by Gasteiger charge is 2.15. The van der Waals surface area contributed by atoms with Gasteiger partial charge in [0.05, 0.1) is 31.7 Å². The monoisotopic (exact) mass is 416 g/mol. The van der Waals surface area contributed by atoms with E-state index in [0.29, 0.717) is 19.0 Å². The molecule has 1 saturated heterocycles. The number of halogens is 1. The van der Waals surface area contributed by atoms with Crippen LogP contribution in [0.1, 0.15) is 5.56 Å². The standard InChI is InChI=1S/C20H21BrN2O3/c1-25-19-8-7-16(21)14-15(19)6-9-20(24)22-17-4-2-3-5-18(17)23-10-12-26-13-11-23/h2-9,14H,10-13H2,1H3,(H,22,24)/b9-6+. The largest absolute Gasteiger partial charge is 0.496 e. The van der Waals surface area contributed by atoms with Crippen molar-refractivity contribution in [1.82, 2.24) is 0 Å². The number of para-hydroxylation sites is 2. The first-order valence-corrected chi connectivity index (χ1v) is 9.21. The van der Waals surface area contributed by atoms with Gasteiger partial charge in [0.15, 0.2) is 0 Å². The fraction of sp³-hybridized carbons (Fsp3) is 0.250. The van der Waals surface area contributed by atoms with Crippen molar-refractivity contribution in [2.24, 2.45) is 0 Å². The zero-order valence-corrected chi connectivity index (χ0v) is 16.2. The number of rotatable bonds is 5. The Morgan fingerprint density at radius 2 is 2.00 bits per heavy atom. The summed E-state index contributed by atoms with van der Waals surface area (Å²) in [4.78, 5) is 14.6. The molecule has 3 rings (SSSR count). The number of nitrogens with zero attached hydrogens (tertiary/aromatic N) is 1. The maximum atomic E-state index is 12.4. The first-order valence-electron chi connectivity index (χ1n) is 8.41. The van der Waals surface area contributed by atoms with Gasteiger partial charge >= 0.3 is 0 Å². The van der Waals surface area contributed by atoms with Gasteiger partial charge in [-0.15, -0.1) is 0 Å². The summed E-state index contributed by atoms with van der Waals surface area (Å²) in [6, 6.07) is 13.5. The van der Waals surface area contributed by atoms with E-state index in [1.807, 2.05) is 42.5 Å². The Morgan fingerprint density at radius 1 is 1.23 bits per heavy atom. The Kier molecular flexibility index (Phi) is 6.30. The number of carbonyl (C=O) groups excluding carboxylic acids is 1. The average Bonchev–Trinajstić information content (AvgIpc) is 2.67. The lowest BCUT2D eigenvalue weighted by Gasteiger charge is -2.30. The molecule has 0 bridgehead atoms. The van der Waals surface area contributed by atoms with Crippen LogP contribution in [0.4, 0.5) is 11.4 Å². The quantitative estimate of drug-likeness (QED) is 0.749. The van der Waals surface area contributed by atoms with E-state index < -0.39 is 0 Å². The van der Waals surface area contributed by atoms with Gasteiger partial charge in [-0.25, -0.2) is 0 Å². The predicted molar refractivity (Wildman–Crippen MR) is 108 cm³/mol. The highest BCUT2D eigenvalue weighted by Crippen LogP contribution is 2.27. The van der Waals surface area contributed by atoms with Gasteiger partial charge in [-0.1, -0.05) is 28.1 Å². The molecule has 1 aliphatic rings. The third kappa shape index (κ3) is 4.65. The minimum atomic E-state index is -0.187. The van der Waals surface area contributed by atoms with Gasteiger partial charge in [0.2, 0.25) is 5.91 Å². The molecule has 0 unspecified atom stereocenters. The molecular formula is C20H21BrN2O3. The summed E-state index contributed by atoms with van der Waals surface area (Å²) in [7, 11) is 1.61. The number of amides is 1. The van der Waals surface area contributed by atoms with Crippen LogP contribution >= 0.6 is 15.9 Å². The summed E-state index contributed by atoms with van der Waals surface area (Å²) < 4.78 is 11.7. The van der Waals surface area contributed by atoms with Crippen molar-refractivity contribution >= 4 is 39.3 Å². The number of carbonyl (C=O) groups is 1. The lowest BCUT2D eigenvalue weighted by molar-refractivity contribution is -0.111. The zero-order valence-electron chi connectivity index (χ0n) is 14.6. The maximum Gasteiger partial charge on any atom is 0.248 e. The number of benzene rings is 2. The summed E-state index contributed by atoms with van der Waals surface area (Å²) in [5.74, 6) is 0.527. The number of ether oxygens (including phenoxy) is 2. The minimum Gasteiger partial charge on any atom is -0.496 e. The molecule has 1 aliphatic heterocycles. The van der Waals surface area contributed by atoms with E-state index in [9.17, 15) is 4.79 Å². The van der Waals surface area contributed by atoms with Crippen LogP contribution in [0.3, 0.4) is 0 Å². The van der Waals surface area contributed by atoms with Crippen LogP contribution in [0, 0.1) is 0 Å². The lowest BCUT2D eigenvalue weighted by Crippen LogP contribution is -2.36. The Bertz CT molecular complexity index is 801. The van der Waals surface area contributed by atoms with Gasteiger partial charge in [-0.2, -0.15) is 0 Å². The van der Waals surface area contributed by atoms with Crippen molar-refractivity contribution in [2.75, 3.05) is 43.6 Å². The molecule has 2 aromatic carbocycles. The molecule has 0 saturated carbocycles. The molecule has 136 valence electrons. The molecule has 1 amide bonds. The van der Waals surface area contributed by atoms with E-state index in [2.05, 4.69) is 26.1 Å². The van der Waals surface area contributed by atoms with Crippen molar-refractivity contribution in [3.63, 3.8) is 0 Å². The highest BCUT2D eigenvalue weighted by atomic mass is 79.9. The molecule has 0 atom stereocenters. The van der Waals surface area contributed by atoms with E-state index in [1.54, 1.807) is 13.2 Å². The van der Waals surface area contributed by atoms with Crippen LogP contribution < -0.4 is 15.0 Å². The second-order valence-corrected chi connectivity index (χ2v) is 6.74. The van der Waals surface area contributed by atoms with E-state index >= 15 is 0 Å². The molecule has 1 fully saturated rings. The normalized spacial score (nSPS) is 14.5. The molecule has 26 heavy (non-hydrogen) atoms. The van der Waals surface area contributed by atoms with Crippen LogP contribution in [0.15, 0.2) is 53.0 Å². The summed E-state index contributed by atoms with van der Waals surface area (Å²) in [6.07, 6.45) is 3.26. The summed E-state index contributed by atoms with van der Waals surface area (Å²) in [5, 5.41) is 2.97. The first-order chi connectivity index (χ1) is 12.7. The fourth-order valence-electron chi connectivity index (χ4n) is 2.83. The van der Waals surface area contributed by atoms with Crippen LogP contribution in [0.5, 0.6) is 5.75 Å². The van der Waals surface area contributed by atoms with E-state index in [4.69, 9.17) is 9.47 Å². The first kappa shape index (κ1) is 18.5. The Hall–Kier alpha value is -2.31. The Balaban J connectivity index is 1.73. The average molecular weight is 417 g/mol. The van der Waals surface area contributed by atoms with Crippen LogP contribution in [0.25, 0.3) is 6.08 Å². The molecule has 1 heterocycles. The number of hydrogen-bond acceptors (Lipinski definition) is 4. The SMILES string of the molecule is COc1ccc(Br)cc1/C=C/C(=O)Nc1ccccc1N1CCOCC1. The van der Waals surface area contributed by atoms with Gasteiger partial charge in [-0.05, 0) is 36.4 Å². The molecule has 2 aromatic rings. The Morgan fingerprint density at radius 3 is 2.77 bits per heavy atom. The predicted octanol–water partition coefficient (Wildman–Crippen LogP) is 3.95. The summed E-state index contributed by atoms with van der Waals surface area (Å²) in [5.41, 5.74) is 2.64. The van der Waals surface area contributed by atoms with E-state index in [1.165, 1.54) is 6.08 Å². The molecule has 0 aliphatic carbocycles.